The van der Waals surface area contributed by atoms with E-state index in [2.05, 4.69) is 15.3 Å². The van der Waals surface area contributed by atoms with Gasteiger partial charge < -0.3 is 25.5 Å². The van der Waals surface area contributed by atoms with Crippen molar-refractivity contribution in [3.05, 3.63) is 18.1 Å². The molecule has 0 aromatic carbocycles. The number of likely N-dealkylation sites (N-methyl/N-ethyl adjacent to an activating group) is 1. The Kier molecular flexibility index (Phi) is 3.75. The van der Waals surface area contributed by atoms with E-state index in [4.69, 9.17) is 10.1 Å². The molecule has 0 radical (unpaired) electrons. The summed E-state index contributed by atoms with van der Waals surface area (Å²) in [5.74, 6) is -0.534. The molecule has 1 saturated heterocycles. The molecule has 1 amide bonds. The molecule has 1 fully saturated rings. The van der Waals surface area contributed by atoms with Gasteiger partial charge in [0.05, 0.1) is 6.33 Å². The largest absolute Gasteiger partial charge is 0.425 e. The van der Waals surface area contributed by atoms with Gasteiger partial charge in [-0.05, 0) is 6.92 Å². The molecule has 11 heteroatoms. The molecular formula is C12H16N6O5. The van der Waals surface area contributed by atoms with Crippen LogP contribution in [0.5, 0.6) is 0 Å². The maximum atomic E-state index is 11.9. The van der Waals surface area contributed by atoms with Crippen molar-refractivity contribution >= 4 is 17.1 Å². The number of aromatic nitrogens is 4. The van der Waals surface area contributed by atoms with Crippen LogP contribution >= 0.6 is 0 Å². The van der Waals surface area contributed by atoms with Gasteiger partial charge in [-0.3, -0.25) is 14.8 Å². The summed E-state index contributed by atoms with van der Waals surface area (Å²) >= 11 is 0. The highest BCUT2D eigenvalue weighted by Crippen LogP contribution is 2.31. The van der Waals surface area contributed by atoms with Gasteiger partial charge in [-0.15, -0.1) is 0 Å². The van der Waals surface area contributed by atoms with Crippen molar-refractivity contribution in [2.24, 2.45) is 0 Å². The Labute approximate surface area is 129 Å². The molecule has 0 aliphatic carbocycles. The second-order valence-electron chi connectivity index (χ2n) is 5.08. The lowest BCUT2D eigenvalue weighted by atomic mass is 10.1. The number of fused-ring (bicyclic) bond motifs is 1. The average Bonchev–Trinajstić information content (AvgIpc) is 3.06. The Morgan fingerprint density at radius 1 is 1.39 bits per heavy atom. The highest BCUT2D eigenvalue weighted by molar-refractivity contribution is 5.81. The molecule has 5 N–H and O–H groups in total. The Morgan fingerprint density at radius 3 is 2.83 bits per heavy atom. The van der Waals surface area contributed by atoms with E-state index >= 15 is 0 Å². The number of nitrogens with zero attached hydrogens (tertiary/aromatic N) is 4. The van der Waals surface area contributed by atoms with E-state index in [1.807, 2.05) is 0 Å². The van der Waals surface area contributed by atoms with Gasteiger partial charge in [0, 0.05) is 6.54 Å². The zero-order valence-electron chi connectivity index (χ0n) is 12.1. The highest BCUT2D eigenvalue weighted by atomic mass is 16.6. The topological polar surface area (TPSA) is 159 Å². The summed E-state index contributed by atoms with van der Waals surface area (Å²) in [5, 5.41) is 39.8. The monoisotopic (exact) mass is 324 g/mol. The van der Waals surface area contributed by atoms with Gasteiger partial charge >= 0.3 is 0 Å². The number of rotatable bonds is 3. The molecule has 2 aromatic heterocycles. The summed E-state index contributed by atoms with van der Waals surface area (Å²) in [6, 6.07) is 0. The summed E-state index contributed by atoms with van der Waals surface area (Å²) in [7, 11) is 0. The van der Waals surface area contributed by atoms with E-state index in [1.165, 1.54) is 10.9 Å². The summed E-state index contributed by atoms with van der Waals surface area (Å²) < 4.78 is 7.27. The second-order valence-corrected chi connectivity index (χ2v) is 5.08. The van der Waals surface area contributed by atoms with Gasteiger partial charge in [0.25, 0.3) is 5.91 Å². The third kappa shape index (κ3) is 2.34. The van der Waals surface area contributed by atoms with Crippen molar-refractivity contribution in [2.75, 3.05) is 6.54 Å². The first-order valence-electron chi connectivity index (χ1n) is 6.93. The first-order chi connectivity index (χ1) is 11.0. The molecule has 1 aliphatic heterocycles. The predicted molar refractivity (Wildman–Crippen MR) is 73.2 cm³/mol. The minimum Gasteiger partial charge on any atom is -0.425 e. The van der Waals surface area contributed by atoms with Crippen LogP contribution in [0.15, 0.2) is 12.7 Å². The number of nitrogens with one attached hydrogen (secondary N) is 2. The number of hydrogen-bond donors (Lipinski definition) is 5. The van der Waals surface area contributed by atoms with Crippen molar-refractivity contribution in [3.8, 4) is 0 Å². The van der Waals surface area contributed by atoms with Crippen LogP contribution in [0.1, 0.15) is 13.2 Å². The lowest BCUT2D eigenvalue weighted by Gasteiger charge is -2.16. The zero-order valence-corrected chi connectivity index (χ0v) is 12.1. The van der Waals surface area contributed by atoms with Crippen LogP contribution in [0.25, 0.3) is 11.2 Å². The van der Waals surface area contributed by atoms with Gasteiger partial charge in [-0.1, -0.05) is 0 Å². The molecule has 4 unspecified atom stereocenters. The molecule has 124 valence electrons. The minimum atomic E-state index is -1.41. The fourth-order valence-electron chi connectivity index (χ4n) is 2.49. The van der Waals surface area contributed by atoms with E-state index in [0.29, 0.717) is 11.3 Å². The molecule has 3 rings (SSSR count). The first kappa shape index (κ1) is 15.4. The zero-order chi connectivity index (χ0) is 16.7. The van der Waals surface area contributed by atoms with E-state index < -0.39 is 30.4 Å². The van der Waals surface area contributed by atoms with E-state index in [-0.39, 0.29) is 16.7 Å². The van der Waals surface area contributed by atoms with Gasteiger partial charge in [-0.25, -0.2) is 9.97 Å². The number of amides is 1. The van der Waals surface area contributed by atoms with Crippen LogP contribution in [0.3, 0.4) is 0 Å². The number of aliphatic hydroxyl groups is 2. The summed E-state index contributed by atoms with van der Waals surface area (Å²) in [4.78, 5) is 19.7. The van der Waals surface area contributed by atoms with Crippen molar-refractivity contribution in [2.45, 2.75) is 31.5 Å². The van der Waals surface area contributed by atoms with E-state index in [9.17, 15) is 20.2 Å². The molecule has 0 bridgehead atoms. The molecule has 0 saturated carbocycles. The standard InChI is InChI=1S/C12H16N6O5/c1-2-14-11(21)8-6(19)7(20)12(23-8)17-3-15-5-9(13)18(22)4-16-10(5)17/h3-4,6-8,12-13,19-20,22H,2H2,1H3,(H,14,21). The van der Waals surface area contributed by atoms with Crippen LogP contribution in [0, 0.1) is 5.41 Å². The van der Waals surface area contributed by atoms with Crippen LogP contribution in [-0.2, 0) is 9.53 Å². The lowest BCUT2D eigenvalue weighted by molar-refractivity contribution is -0.137. The molecule has 2 aromatic rings. The van der Waals surface area contributed by atoms with Crippen molar-refractivity contribution < 1.29 is 25.0 Å². The molecule has 4 atom stereocenters. The number of aliphatic hydroxyl groups excluding tert-OH is 2. The SMILES string of the molecule is CCNC(=O)C1OC(n2cnc3c(=N)n(O)cnc32)C(O)C1O. The van der Waals surface area contributed by atoms with Gasteiger partial charge in [0.15, 0.2) is 29.0 Å². The van der Waals surface area contributed by atoms with E-state index in [1.54, 1.807) is 6.92 Å². The van der Waals surface area contributed by atoms with Crippen LogP contribution in [0.2, 0.25) is 0 Å². The Balaban J connectivity index is 1.98. The fourth-order valence-corrected chi connectivity index (χ4v) is 2.49. The van der Waals surface area contributed by atoms with Crippen molar-refractivity contribution in [1.82, 2.24) is 24.6 Å². The molecule has 11 nitrogen and oxygen atoms in total. The molecular weight excluding hydrogens is 308 g/mol. The second kappa shape index (κ2) is 5.61. The minimum absolute atomic E-state index is 0.0850. The highest BCUT2D eigenvalue weighted by Gasteiger charge is 2.47. The van der Waals surface area contributed by atoms with E-state index in [0.717, 1.165) is 6.33 Å². The summed E-state index contributed by atoms with van der Waals surface area (Å²) in [6.07, 6.45) is -2.85. The van der Waals surface area contributed by atoms with Crippen LogP contribution in [-0.4, -0.2) is 65.4 Å². The third-order valence-corrected chi connectivity index (χ3v) is 3.63. The van der Waals surface area contributed by atoms with Gasteiger partial charge in [-0.2, -0.15) is 4.73 Å². The smallest absolute Gasteiger partial charge is 0.252 e. The third-order valence-electron chi connectivity index (χ3n) is 3.63. The number of carbonyl (C=O) groups excluding carboxylic acids is 1. The lowest BCUT2D eigenvalue weighted by Crippen LogP contribution is -2.42. The normalized spacial score (nSPS) is 27.4. The summed E-state index contributed by atoms with van der Waals surface area (Å²) in [6.45, 7) is 2.08. The van der Waals surface area contributed by atoms with Gasteiger partial charge in [0.2, 0.25) is 0 Å². The Morgan fingerprint density at radius 2 is 2.13 bits per heavy atom. The van der Waals surface area contributed by atoms with Crippen LogP contribution < -0.4 is 10.8 Å². The van der Waals surface area contributed by atoms with Crippen LogP contribution in [0.4, 0.5) is 0 Å². The first-order valence-corrected chi connectivity index (χ1v) is 6.93. The molecule has 0 spiro atoms. The Bertz CT molecular complexity index is 801. The Hall–Kier alpha value is -2.50. The number of imidazole rings is 1. The average molecular weight is 324 g/mol. The van der Waals surface area contributed by atoms with Gasteiger partial charge in [0.1, 0.15) is 18.5 Å². The number of ether oxygens (including phenoxy) is 1. The van der Waals surface area contributed by atoms with Crippen molar-refractivity contribution in [1.29, 1.82) is 5.41 Å². The fraction of sp³-hybridized carbons (Fsp3) is 0.500. The number of hydrogen-bond acceptors (Lipinski definition) is 8. The molecule has 23 heavy (non-hydrogen) atoms. The quantitative estimate of drug-likeness (QED) is 0.397. The predicted octanol–water partition coefficient (Wildman–Crippen LogP) is -2.30. The van der Waals surface area contributed by atoms with Crippen molar-refractivity contribution in [3.63, 3.8) is 0 Å². The molecule has 3 heterocycles. The molecule has 1 aliphatic rings. The number of carbonyl (C=O) groups is 1. The maximum absolute atomic E-state index is 11.9. The summed E-state index contributed by atoms with van der Waals surface area (Å²) in [5.41, 5.74) is -0.0306. The maximum Gasteiger partial charge on any atom is 0.252 e.